The largest absolute Gasteiger partial charge is 0.339 e. The third-order valence-electron chi connectivity index (χ3n) is 3.98. The first kappa shape index (κ1) is 12.6. The average molecular weight is 279 g/mol. The molecule has 2 fully saturated rings. The number of nitrogens with zero attached hydrogens (tertiary/aromatic N) is 3. The van der Waals surface area contributed by atoms with Crippen molar-refractivity contribution in [3.8, 4) is 0 Å². The van der Waals surface area contributed by atoms with Crippen LogP contribution in [-0.2, 0) is 4.79 Å². The van der Waals surface area contributed by atoms with Crippen molar-refractivity contribution in [1.82, 2.24) is 14.8 Å². The van der Waals surface area contributed by atoms with Crippen LogP contribution in [0.1, 0.15) is 29.8 Å². The van der Waals surface area contributed by atoms with Crippen molar-refractivity contribution in [2.24, 2.45) is 5.92 Å². The lowest BCUT2D eigenvalue weighted by Crippen LogP contribution is -2.52. The monoisotopic (exact) mass is 279 g/mol. The first-order valence-corrected chi connectivity index (χ1v) is 7.66. The number of hydrogen-bond acceptors (Lipinski definition) is 4. The molecule has 102 valence electrons. The van der Waals surface area contributed by atoms with E-state index in [2.05, 4.69) is 4.98 Å². The topological polar surface area (TPSA) is 53.5 Å². The number of carbonyl (C=O) groups excluding carboxylic acids is 2. The maximum absolute atomic E-state index is 12.1. The second kappa shape index (κ2) is 5.28. The molecule has 0 unspecified atom stereocenters. The summed E-state index contributed by atoms with van der Waals surface area (Å²) in [7, 11) is 0. The highest BCUT2D eigenvalue weighted by Crippen LogP contribution is 2.28. The zero-order valence-electron chi connectivity index (χ0n) is 10.7. The Kier molecular flexibility index (Phi) is 3.50. The molecule has 6 heteroatoms. The van der Waals surface area contributed by atoms with Crippen LogP contribution in [0.2, 0.25) is 0 Å². The minimum absolute atomic E-state index is 0.0167. The highest BCUT2D eigenvalue weighted by molar-refractivity contribution is 7.07. The van der Waals surface area contributed by atoms with Crippen molar-refractivity contribution >= 4 is 23.2 Å². The van der Waals surface area contributed by atoms with Crippen molar-refractivity contribution in [3.05, 3.63) is 16.6 Å². The van der Waals surface area contributed by atoms with E-state index in [1.807, 2.05) is 4.90 Å². The first-order chi connectivity index (χ1) is 9.25. The van der Waals surface area contributed by atoms with Gasteiger partial charge in [0, 0.05) is 37.5 Å². The Hall–Kier alpha value is -1.43. The minimum Gasteiger partial charge on any atom is -0.339 e. The number of aromatic nitrogens is 1. The molecular weight excluding hydrogens is 262 g/mol. The standard InChI is InChI=1S/C13H17N3O2S/c17-12(10-2-1-3-10)15-4-6-16(7-5-15)13(18)11-8-19-9-14-11/h8-10H,1-7H2. The maximum atomic E-state index is 12.1. The van der Waals surface area contributed by atoms with Crippen molar-refractivity contribution in [2.75, 3.05) is 26.2 Å². The molecule has 19 heavy (non-hydrogen) atoms. The minimum atomic E-state index is -0.0167. The van der Waals surface area contributed by atoms with E-state index in [4.69, 9.17) is 0 Å². The van der Waals surface area contributed by atoms with E-state index < -0.39 is 0 Å². The summed E-state index contributed by atoms with van der Waals surface area (Å²) in [5, 5.41) is 1.77. The van der Waals surface area contributed by atoms with E-state index in [0.717, 1.165) is 12.8 Å². The van der Waals surface area contributed by atoms with Gasteiger partial charge in [0.1, 0.15) is 5.69 Å². The van der Waals surface area contributed by atoms with Gasteiger partial charge >= 0.3 is 0 Å². The van der Waals surface area contributed by atoms with Gasteiger partial charge in [-0.25, -0.2) is 4.98 Å². The van der Waals surface area contributed by atoms with Crippen LogP contribution in [0.4, 0.5) is 0 Å². The Labute approximate surface area is 116 Å². The van der Waals surface area contributed by atoms with E-state index in [9.17, 15) is 9.59 Å². The Bertz CT molecular complexity index is 462. The van der Waals surface area contributed by atoms with Crippen LogP contribution < -0.4 is 0 Å². The summed E-state index contributed by atoms with van der Waals surface area (Å²) in [6.45, 7) is 2.56. The van der Waals surface area contributed by atoms with Crippen LogP contribution in [0.15, 0.2) is 10.9 Å². The summed E-state index contributed by atoms with van der Waals surface area (Å²) in [6, 6.07) is 0. The van der Waals surface area contributed by atoms with Crippen molar-refractivity contribution in [2.45, 2.75) is 19.3 Å². The Morgan fingerprint density at radius 3 is 2.37 bits per heavy atom. The van der Waals surface area contributed by atoms with Gasteiger partial charge in [-0.2, -0.15) is 0 Å². The molecule has 5 nitrogen and oxygen atoms in total. The summed E-state index contributed by atoms with van der Waals surface area (Å²) in [5.74, 6) is 0.518. The normalized spacial score (nSPS) is 20.2. The van der Waals surface area contributed by atoms with E-state index in [1.54, 1.807) is 15.8 Å². The second-order valence-corrected chi connectivity index (χ2v) is 5.84. The van der Waals surface area contributed by atoms with Gasteiger partial charge in [-0.15, -0.1) is 11.3 Å². The fraction of sp³-hybridized carbons (Fsp3) is 0.615. The SMILES string of the molecule is O=C(c1cscn1)N1CCN(C(=O)C2CCC2)CC1. The van der Waals surface area contributed by atoms with Gasteiger partial charge in [0.2, 0.25) is 5.91 Å². The van der Waals surface area contributed by atoms with Crippen LogP contribution >= 0.6 is 11.3 Å². The summed E-state index contributed by atoms with van der Waals surface area (Å²) >= 11 is 1.43. The summed E-state index contributed by atoms with van der Waals surface area (Å²) in [6.07, 6.45) is 3.26. The van der Waals surface area contributed by atoms with Gasteiger partial charge in [0.15, 0.2) is 0 Å². The Balaban J connectivity index is 1.54. The molecule has 0 bridgehead atoms. The average Bonchev–Trinajstić information content (AvgIpc) is 2.90. The third kappa shape index (κ3) is 2.49. The molecule has 1 saturated carbocycles. The molecule has 1 saturated heterocycles. The molecule has 3 rings (SSSR count). The lowest BCUT2D eigenvalue weighted by molar-refractivity contribution is -0.139. The van der Waals surface area contributed by atoms with Crippen LogP contribution in [0.5, 0.6) is 0 Å². The third-order valence-corrected chi connectivity index (χ3v) is 4.57. The Morgan fingerprint density at radius 1 is 1.16 bits per heavy atom. The summed E-state index contributed by atoms with van der Waals surface area (Å²) in [4.78, 5) is 31.9. The molecule has 0 spiro atoms. The van der Waals surface area contributed by atoms with Crippen LogP contribution in [0, 0.1) is 5.92 Å². The smallest absolute Gasteiger partial charge is 0.273 e. The van der Waals surface area contributed by atoms with E-state index in [1.165, 1.54) is 17.8 Å². The molecular formula is C13H17N3O2S. The van der Waals surface area contributed by atoms with Gasteiger partial charge in [-0.1, -0.05) is 6.42 Å². The quantitative estimate of drug-likeness (QED) is 0.818. The van der Waals surface area contributed by atoms with E-state index >= 15 is 0 Å². The molecule has 0 aromatic carbocycles. The number of hydrogen-bond donors (Lipinski definition) is 0. The van der Waals surface area contributed by atoms with Gasteiger partial charge in [-0.05, 0) is 12.8 Å². The van der Waals surface area contributed by atoms with Crippen molar-refractivity contribution in [3.63, 3.8) is 0 Å². The first-order valence-electron chi connectivity index (χ1n) is 6.72. The van der Waals surface area contributed by atoms with E-state index in [0.29, 0.717) is 31.9 Å². The number of thiazole rings is 1. The molecule has 2 heterocycles. The number of rotatable bonds is 2. The van der Waals surface area contributed by atoms with Gasteiger partial charge < -0.3 is 9.80 Å². The van der Waals surface area contributed by atoms with Gasteiger partial charge in [0.25, 0.3) is 5.91 Å². The van der Waals surface area contributed by atoms with Crippen LogP contribution in [-0.4, -0.2) is 52.8 Å². The van der Waals surface area contributed by atoms with Gasteiger partial charge in [-0.3, -0.25) is 9.59 Å². The molecule has 2 amide bonds. The Morgan fingerprint density at radius 2 is 1.84 bits per heavy atom. The maximum Gasteiger partial charge on any atom is 0.273 e. The summed E-state index contributed by atoms with van der Waals surface area (Å²) in [5.41, 5.74) is 2.19. The lowest BCUT2D eigenvalue weighted by Gasteiger charge is -2.38. The molecule has 2 aliphatic rings. The molecule has 1 aromatic heterocycles. The van der Waals surface area contributed by atoms with Crippen molar-refractivity contribution in [1.29, 1.82) is 0 Å². The molecule has 0 radical (unpaired) electrons. The molecule has 1 aromatic rings. The highest BCUT2D eigenvalue weighted by atomic mass is 32.1. The predicted molar refractivity (Wildman–Crippen MR) is 71.9 cm³/mol. The summed E-state index contributed by atoms with van der Waals surface area (Å²) < 4.78 is 0. The lowest BCUT2D eigenvalue weighted by atomic mass is 9.84. The molecule has 0 N–H and O–H groups in total. The van der Waals surface area contributed by atoms with Crippen LogP contribution in [0.3, 0.4) is 0 Å². The number of piperazine rings is 1. The molecule has 1 aliphatic heterocycles. The predicted octanol–water partition coefficient (Wildman–Crippen LogP) is 1.23. The highest BCUT2D eigenvalue weighted by Gasteiger charge is 2.32. The van der Waals surface area contributed by atoms with E-state index in [-0.39, 0.29) is 17.7 Å². The van der Waals surface area contributed by atoms with Gasteiger partial charge in [0.05, 0.1) is 5.51 Å². The fourth-order valence-electron chi connectivity index (χ4n) is 2.52. The second-order valence-electron chi connectivity index (χ2n) is 5.12. The fourth-order valence-corrected chi connectivity index (χ4v) is 3.05. The van der Waals surface area contributed by atoms with Crippen molar-refractivity contribution < 1.29 is 9.59 Å². The zero-order valence-corrected chi connectivity index (χ0v) is 11.6. The number of amides is 2. The molecule has 0 atom stereocenters. The van der Waals surface area contributed by atoms with Crippen LogP contribution in [0.25, 0.3) is 0 Å². The zero-order chi connectivity index (χ0) is 13.2. The number of carbonyl (C=O) groups is 2. The molecule has 1 aliphatic carbocycles.